The van der Waals surface area contributed by atoms with Gasteiger partial charge in [-0.1, -0.05) is 23.7 Å². The van der Waals surface area contributed by atoms with E-state index >= 15 is 0 Å². The lowest BCUT2D eigenvalue weighted by molar-refractivity contribution is 0.0576. The second kappa shape index (κ2) is 6.41. The van der Waals surface area contributed by atoms with E-state index in [0.717, 1.165) is 37.4 Å². The van der Waals surface area contributed by atoms with Gasteiger partial charge in [-0.3, -0.25) is 0 Å². The molecule has 1 atom stereocenters. The SMILES string of the molecule is CN(CC1CCCOC1)c1c(Cl)cccc1CO. The maximum atomic E-state index is 9.39. The van der Waals surface area contributed by atoms with E-state index < -0.39 is 0 Å². The predicted octanol–water partition coefficient (Wildman–Crippen LogP) is 2.70. The maximum absolute atomic E-state index is 9.39. The molecule has 2 rings (SSSR count). The highest BCUT2D eigenvalue weighted by Gasteiger charge is 2.18. The van der Waals surface area contributed by atoms with Crippen molar-refractivity contribution in [3.8, 4) is 0 Å². The van der Waals surface area contributed by atoms with Crippen molar-refractivity contribution in [2.75, 3.05) is 31.7 Å². The maximum Gasteiger partial charge on any atom is 0.0702 e. The molecule has 1 heterocycles. The summed E-state index contributed by atoms with van der Waals surface area (Å²) >= 11 is 6.24. The quantitative estimate of drug-likeness (QED) is 0.912. The van der Waals surface area contributed by atoms with E-state index in [-0.39, 0.29) is 6.61 Å². The highest BCUT2D eigenvalue weighted by atomic mass is 35.5. The molecule has 1 aromatic rings. The fraction of sp³-hybridized carbons (Fsp3) is 0.571. The predicted molar refractivity (Wildman–Crippen MR) is 74.2 cm³/mol. The van der Waals surface area contributed by atoms with Crippen LogP contribution in [0.3, 0.4) is 0 Å². The van der Waals surface area contributed by atoms with Gasteiger partial charge in [0.2, 0.25) is 0 Å². The summed E-state index contributed by atoms with van der Waals surface area (Å²) in [5.41, 5.74) is 1.81. The number of aliphatic hydroxyl groups excluding tert-OH is 1. The van der Waals surface area contributed by atoms with E-state index in [1.165, 1.54) is 6.42 Å². The number of hydrogen-bond donors (Lipinski definition) is 1. The lowest BCUT2D eigenvalue weighted by atomic mass is 10.0. The molecule has 1 N–H and O–H groups in total. The van der Waals surface area contributed by atoms with E-state index in [1.807, 2.05) is 25.2 Å². The van der Waals surface area contributed by atoms with Crippen molar-refractivity contribution in [1.29, 1.82) is 0 Å². The molecule has 3 nitrogen and oxygen atoms in total. The zero-order chi connectivity index (χ0) is 13.0. The standard InChI is InChI=1S/C14H20ClNO2/c1-16(8-11-4-3-7-18-10-11)14-12(9-17)5-2-6-13(14)15/h2,5-6,11,17H,3-4,7-10H2,1H3. The molecule has 100 valence electrons. The van der Waals surface area contributed by atoms with Gasteiger partial charge in [-0.05, 0) is 24.8 Å². The van der Waals surface area contributed by atoms with Crippen LogP contribution < -0.4 is 4.90 Å². The Labute approximate surface area is 113 Å². The van der Waals surface area contributed by atoms with Crippen LogP contribution in [0.15, 0.2) is 18.2 Å². The Hall–Kier alpha value is -0.770. The summed E-state index contributed by atoms with van der Waals surface area (Å²) in [5.74, 6) is 0.548. The molecule has 0 aromatic heterocycles. The zero-order valence-electron chi connectivity index (χ0n) is 10.7. The molecule has 1 saturated heterocycles. The summed E-state index contributed by atoms with van der Waals surface area (Å²) < 4.78 is 5.50. The molecule has 1 aliphatic rings. The third kappa shape index (κ3) is 3.16. The van der Waals surface area contributed by atoms with Crippen molar-refractivity contribution in [3.05, 3.63) is 28.8 Å². The van der Waals surface area contributed by atoms with Crippen molar-refractivity contribution < 1.29 is 9.84 Å². The van der Waals surface area contributed by atoms with Crippen LogP contribution in [0.4, 0.5) is 5.69 Å². The summed E-state index contributed by atoms with van der Waals surface area (Å²) in [4.78, 5) is 2.13. The second-order valence-electron chi connectivity index (χ2n) is 4.87. The highest BCUT2D eigenvalue weighted by molar-refractivity contribution is 6.33. The third-order valence-corrected chi connectivity index (χ3v) is 3.71. The van der Waals surface area contributed by atoms with Crippen LogP contribution in [-0.2, 0) is 11.3 Å². The monoisotopic (exact) mass is 269 g/mol. The van der Waals surface area contributed by atoms with Crippen molar-refractivity contribution in [2.45, 2.75) is 19.4 Å². The molecule has 1 aromatic carbocycles. The molecule has 4 heteroatoms. The van der Waals surface area contributed by atoms with Gasteiger partial charge in [0.05, 0.1) is 23.9 Å². The van der Waals surface area contributed by atoms with Crippen LogP contribution >= 0.6 is 11.6 Å². The topological polar surface area (TPSA) is 32.7 Å². The van der Waals surface area contributed by atoms with Gasteiger partial charge in [0, 0.05) is 25.8 Å². The fourth-order valence-corrected chi connectivity index (χ4v) is 2.88. The molecular weight excluding hydrogens is 250 g/mol. The molecule has 1 aliphatic heterocycles. The summed E-state index contributed by atoms with van der Waals surface area (Å²) in [5, 5.41) is 10.1. The van der Waals surface area contributed by atoms with Gasteiger partial charge in [-0.15, -0.1) is 0 Å². The highest BCUT2D eigenvalue weighted by Crippen LogP contribution is 2.30. The van der Waals surface area contributed by atoms with Crippen LogP contribution in [0, 0.1) is 5.92 Å². The van der Waals surface area contributed by atoms with E-state index in [2.05, 4.69) is 4.90 Å². The smallest absolute Gasteiger partial charge is 0.0702 e. The van der Waals surface area contributed by atoms with Gasteiger partial charge in [0.1, 0.15) is 0 Å². The van der Waals surface area contributed by atoms with Gasteiger partial charge in [0.15, 0.2) is 0 Å². The van der Waals surface area contributed by atoms with Crippen LogP contribution in [0.1, 0.15) is 18.4 Å². The van der Waals surface area contributed by atoms with Gasteiger partial charge in [-0.2, -0.15) is 0 Å². The molecule has 0 radical (unpaired) electrons. The first-order valence-electron chi connectivity index (χ1n) is 6.39. The van der Waals surface area contributed by atoms with E-state index in [4.69, 9.17) is 16.3 Å². The first-order chi connectivity index (χ1) is 8.72. The summed E-state index contributed by atoms with van der Waals surface area (Å²) in [6, 6.07) is 5.65. The number of aliphatic hydroxyl groups is 1. The fourth-order valence-electron chi connectivity index (χ4n) is 2.55. The lowest BCUT2D eigenvalue weighted by Crippen LogP contribution is -2.31. The first-order valence-corrected chi connectivity index (χ1v) is 6.77. The van der Waals surface area contributed by atoms with E-state index in [1.54, 1.807) is 0 Å². The number of hydrogen-bond acceptors (Lipinski definition) is 3. The average molecular weight is 270 g/mol. The van der Waals surface area contributed by atoms with Gasteiger partial charge in [-0.25, -0.2) is 0 Å². The minimum Gasteiger partial charge on any atom is -0.392 e. The van der Waals surface area contributed by atoms with Gasteiger partial charge in [0.25, 0.3) is 0 Å². The zero-order valence-corrected chi connectivity index (χ0v) is 11.5. The molecule has 0 bridgehead atoms. The normalized spacial score (nSPS) is 19.8. The molecular formula is C14H20ClNO2. The third-order valence-electron chi connectivity index (χ3n) is 3.41. The van der Waals surface area contributed by atoms with Gasteiger partial charge >= 0.3 is 0 Å². The number of para-hydroxylation sites is 1. The Kier molecular flexibility index (Phi) is 4.87. The molecule has 18 heavy (non-hydrogen) atoms. The minimum atomic E-state index is 0.0153. The minimum absolute atomic E-state index is 0.0153. The average Bonchev–Trinajstić information content (AvgIpc) is 2.39. The van der Waals surface area contributed by atoms with Crippen LogP contribution in [0.5, 0.6) is 0 Å². The van der Waals surface area contributed by atoms with E-state index in [9.17, 15) is 5.11 Å². The van der Waals surface area contributed by atoms with Crippen LogP contribution in [0.25, 0.3) is 0 Å². The van der Waals surface area contributed by atoms with Crippen molar-refractivity contribution >= 4 is 17.3 Å². The number of anilines is 1. The second-order valence-corrected chi connectivity index (χ2v) is 5.28. The molecule has 0 saturated carbocycles. The summed E-state index contributed by atoms with van der Waals surface area (Å²) in [7, 11) is 2.02. The van der Waals surface area contributed by atoms with Crippen LogP contribution in [0.2, 0.25) is 5.02 Å². The molecule has 0 aliphatic carbocycles. The summed E-state index contributed by atoms with van der Waals surface area (Å²) in [6.07, 6.45) is 2.33. The Morgan fingerprint density at radius 2 is 2.33 bits per heavy atom. The van der Waals surface area contributed by atoms with Crippen molar-refractivity contribution in [2.24, 2.45) is 5.92 Å². The Balaban J connectivity index is 2.09. The number of ether oxygens (including phenoxy) is 1. The van der Waals surface area contributed by atoms with Crippen molar-refractivity contribution in [1.82, 2.24) is 0 Å². The molecule has 1 unspecified atom stereocenters. The Bertz CT molecular complexity index is 391. The number of rotatable bonds is 4. The lowest BCUT2D eigenvalue weighted by Gasteiger charge is -2.30. The first kappa shape index (κ1) is 13.7. The van der Waals surface area contributed by atoms with Gasteiger partial charge < -0.3 is 14.7 Å². The van der Waals surface area contributed by atoms with Crippen LogP contribution in [-0.4, -0.2) is 31.9 Å². The number of halogens is 1. The number of benzene rings is 1. The molecule has 1 fully saturated rings. The Morgan fingerprint density at radius 3 is 3.00 bits per heavy atom. The molecule has 0 spiro atoms. The molecule has 0 amide bonds. The van der Waals surface area contributed by atoms with Crippen molar-refractivity contribution in [3.63, 3.8) is 0 Å². The van der Waals surface area contributed by atoms with E-state index in [0.29, 0.717) is 10.9 Å². The summed E-state index contributed by atoms with van der Waals surface area (Å²) in [6.45, 7) is 2.63. The largest absolute Gasteiger partial charge is 0.392 e. The number of nitrogens with zero attached hydrogens (tertiary/aromatic N) is 1. The Morgan fingerprint density at radius 1 is 1.50 bits per heavy atom.